The molecule has 0 fully saturated rings. The second-order valence-electron chi connectivity index (χ2n) is 2.24. The molecule has 172 valence electrons. The van der Waals surface area contributed by atoms with E-state index in [1.54, 1.807) is 0 Å². The van der Waals surface area contributed by atoms with E-state index in [-0.39, 0.29) is 177 Å². The van der Waals surface area contributed by atoms with Crippen LogP contribution in [0.5, 0.6) is 0 Å². The molecule has 0 aliphatic rings. The Morgan fingerprint density at radius 2 is 0.226 bits per heavy atom. The average Bonchev–Trinajstić information content (AvgIpc) is 1.79. The molecule has 0 atom stereocenters. The third-order valence-corrected chi connectivity index (χ3v) is 0. The normalized spacial score (nSPS) is 9.35. The van der Waals surface area contributed by atoms with Gasteiger partial charge < -0.3 is 0 Å². The molecule has 0 radical (unpaired) electrons. The summed E-state index contributed by atoms with van der Waals surface area (Å²) in [6.45, 7) is 0. The Bertz CT molecular complexity index is 630. The summed E-state index contributed by atoms with van der Waals surface area (Å²) in [6.07, 6.45) is 0. The van der Waals surface area contributed by atoms with Crippen molar-refractivity contribution in [3.63, 3.8) is 0 Å². The van der Waals surface area contributed by atoms with Gasteiger partial charge in [-0.1, -0.05) is 0 Å². The summed E-state index contributed by atoms with van der Waals surface area (Å²) < 4.78 is 158. The fourth-order valence-electron chi connectivity index (χ4n) is 0. The summed E-state index contributed by atoms with van der Waals surface area (Å²) >= 11 is 0. The second kappa shape index (κ2) is 33.4. The zero-order valence-corrected chi connectivity index (χ0v) is 14.7. The first-order chi connectivity index (χ1) is 10.0. The van der Waals surface area contributed by atoms with Crippen molar-refractivity contribution >= 4 is 229 Å². The number of rotatable bonds is 0. The molecule has 31 heteroatoms. The Kier molecular flexibility index (Phi) is 76.1. The van der Waals surface area contributed by atoms with Crippen LogP contribution in [-0.4, -0.2) is 265 Å². The first-order valence-corrected chi connectivity index (χ1v) is 10.5. The van der Waals surface area contributed by atoms with Crippen molar-refractivity contribution in [3.05, 3.63) is 0 Å². The van der Waals surface area contributed by atoms with Gasteiger partial charge in [-0.25, -0.2) is 0 Å². The molecule has 0 aliphatic carbocycles. The summed E-state index contributed by atoms with van der Waals surface area (Å²) in [5.41, 5.74) is 0. The van der Waals surface area contributed by atoms with Crippen LogP contribution in [0, 0.1) is 0 Å². The van der Waals surface area contributed by atoms with Gasteiger partial charge >= 0.3 is 229 Å². The molecule has 0 aliphatic heterocycles. The van der Waals surface area contributed by atoms with Gasteiger partial charge in [-0.2, -0.15) is 42.1 Å². The third-order valence-electron chi connectivity index (χ3n) is 0. The SMILES string of the molecule is O=S(=O)(O)O.O=S(=O)(O)O.O=S(=O)(O)O.O=S(=O)(O)O.O=S(=O)(O)O.[NaH].[NaH].[NaH].[NaH].[NaH].[NaH]. The quantitative estimate of drug-likeness (QED) is 0.0873. The van der Waals surface area contributed by atoms with E-state index in [9.17, 15) is 0 Å². The standard InChI is InChI=1S/6Na.5H2O4S.6H/c;;;;;;5*1-5(2,3)4;;;;;;/h;;;;;;5*(H2,1,2,3,4);;;;;;. The summed E-state index contributed by atoms with van der Waals surface area (Å²) in [4.78, 5) is 0. The molecular formula is H16Na6O20S5. The van der Waals surface area contributed by atoms with Crippen molar-refractivity contribution in [1.29, 1.82) is 0 Å². The van der Waals surface area contributed by atoms with Gasteiger partial charge in [-0.05, 0) is 0 Å². The molecular weight excluding hydrogens is 618 g/mol. The molecule has 0 heterocycles. The van der Waals surface area contributed by atoms with Gasteiger partial charge in [0.15, 0.2) is 0 Å². The zero-order chi connectivity index (χ0) is 22.5. The van der Waals surface area contributed by atoms with Crippen molar-refractivity contribution in [2.24, 2.45) is 0 Å². The fraction of sp³-hybridized carbons (Fsp3) is 0. The Hall–Kier alpha value is 5.35. The predicted octanol–water partition coefficient (Wildman–Crippen LogP) is -7.15. The molecule has 31 heavy (non-hydrogen) atoms. The monoisotopic (exact) mass is 634 g/mol. The van der Waals surface area contributed by atoms with Crippen LogP contribution in [0.4, 0.5) is 0 Å². The van der Waals surface area contributed by atoms with Crippen LogP contribution < -0.4 is 0 Å². The van der Waals surface area contributed by atoms with Gasteiger partial charge in [0.2, 0.25) is 0 Å². The van der Waals surface area contributed by atoms with Gasteiger partial charge in [-0.15, -0.1) is 0 Å². The molecule has 0 rings (SSSR count). The van der Waals surface area contributed by atoms with E-state index in [0.717, 1.165) is 0 Å². The van der Waals surface area contributed by atoms with Crippen LogP contribution >= 0.6 is 0 Å². The minimum absolute atomic E-state index is 0. The second-order valence-corrected chi connectivity index (χ2v) is 6.72. The van der Waals surface area contributed by atoms with E-state index >= 15 is 0 Å². The summed E-state index contributed by atoms with van der Waals surface area (Å²) in [6, 6.07) is 0. The first-order valence-electron chi connectivity index (χ1n) is 3.49. The van der Waals surface area contributed by atoms with Crippen molar-refractivity contribution in [2.75, 3.05) is 0 Å². The van der Waals surface area contributed by atoms with Crippen LogP contribution in [0.25, 0.3) is 0 Å². The number of hydrogen-bond donors (Lipinski definition) is 10. The summed E-state index contributed by atoms with van der Waals surface area (Å²) in [5, 5.41) is 0. The molecule has 0 bridgehead atoms. The van der Waals surface area contributed by atoms with Crippen LogP contribution in [0.3, 0.4) is 0 Å². The molecule has 10 N–H and O–H groups in total. The molecule has 0 unspecified atom stereocenters. The van der Waals surface area contributed by atoms with E-state index in [0.29, 0.717) is 0 Å². The molecule has 0 saturated heterocycles. The maximum atomic E-state index is 8.74. The maximum absolute atomic E-state index is 8.74. The first kappa shape index (κ1) is 70.7. The fourth-order valence-corrected chi connectivity index (χ4v) is 0. The van der Waals surface area contributed by atoms with E-state index < -0.39 is 52.0 Å². The van der Waals surface area contributed by atoms with Crippen LogP contribution in [-0.2, 0) is 52.0 Å². The van der Waals surface area contributed by atoms with Gasteiger partial charge in [0.05, 0.1) is 0 Å². The van der Waals surface area contributed by atoms with Gasteiger partial charge in [0, 0.05) is 0 Å². The van der Waals surface area contributed by atoms with Crippen molar-refractivity contribution in [3.8, 4) is 0 Å². The Labute approximate surface area is 310 Å². The summed E-state index contributed by atoms with van der Waals surface area (Å²) in [5.74, 6) is 0. The van der Waals surface area contributed by atoms with Crippen molar-refractivity contribution in [2.45, 2.75) is 0 Å². The van der Waals surface area contributed by atoms with Crippen molar-refractivity contribution < 1.29 is 87.6 Å². The van der Waals surface area contributed by atoms with E-state index in [1.807, 2.05) is 0 Å². The molecule has 0 aromatic rings. The Balaban J connectivity index is -0.0000000171. The van der Waals surface area contributed by atoms with Gasteiger partial charge in [0.25, 0.3) is 0 Å². The summed E-state index contributed by atoms with van der Waals surface area (Å²) in [7, 11) is -23.3. The zero-order valence-electron chi connectivity index (χ0n) is 10.6. The van der Waals surface area contributed by atoms with Crippen LogP contribution in [0.1, 0.15) is 0 Å². The van der Waals surface area contributed by atoms with E-state index in [1.165, 1.54) is 0 Å². The minimum atomic E-state index is -4.67. The van der Waals surface area contributed by atoms with Crippen molar-refractivity contribution in [1.82, 2.24) is 0 Å². The molecule has 0 spiro atoms. The van der Waals surface area contributed by atoms with Crippen LogP contribution in [0.15, 0.2) is 0 Å². The molecule has 0 aromatic heterocycles. The van der Waals surface area contributed by atoms with Crippen LogP contribution in [0.2, 0.25) is 0 Å². The topological polar surface area (TPSA) is 373 Å². The predicted molar refractivity (Wildman–Crippen MR) is 114 cm³/mol. The Morgan fingerprint density at radius 1 is 0.226 bits per heavy atom. The Morgan fingerprint density at radius 3 is 0.226 bits per heavy atom. The van der Waals surface area contributed by atoms with Gasteiger partial charge in [0.1, 0.15) is 0 Å². The number of hydrogen-bond acceptors (Lipinski definition) is 10. The molecule has 0 saturated carbocycles. The molecule has 0 aromatic carbocycles. The van der Waals surface area contributed by atoms with Gasteiger partial charge in [-0.3, -0.25) is 45.5 Å². The molecule has 20 nitrogen and oxygen atoms in total. The molecule has 0 amide bonds. The van der Waals surface area contributed by atoms with E-state index in [2.05, 4.69) is 0 Å². The average molecular weight is 634 g/mol. The van der Waals surface area contributed by atoms with E-state index in [4.69, 9.17) is 87.6 Å². The third kappa shape index (κ3) is 1370.